The van der Waals surface area contributed by atoms with Crippen LogP contribution in [0.5, 0.6) is 0 Å². The zero-order chi connectivity index (χ0) is 11.1. The quantitative estimate of drug-likeness (QED) is 0.745. The monoisotopic (exact) mass is 202 g/mol. The topological polar surface area (TPSA) is 52.9 Å². The Morgan fingerprint density at radius 3 is 3.00 bits per heavy atom. The van der Waals surface area contributed by atoms with Crippen LogP contribution >= 0.6 is 0 Å². The van der Waals surface area contributed by atoms with Gasteiger partial charge in [-0.15, -0.1) is 0 Å². The third-order valence-electron chi connectivity index (χ3n) is 2.03. The van der Waals surface area contributed by atoms with Gasteiger partial charge >= 0.3 is 0 Å². The molecule has 0 unspecified atom stereocenters. The van der Waals surface area contributed by atoms with E-state index in [1.54, 1.807) is 19.1 Å². The van der Waals surface area contributed by atoms with Gasteiger partial charge in [0.05, 0.1) is 11.6 Å². The van der Waals surface area contributed by atoms with Crippen molar-refractivity contribution in [3.8, 4) is 6.07 Å². The lowest BCUT2D eigenvalue weighted by atomic mass is 10.2. The number of nitriles is 1. The molecule has 0 radical (unpaired) electrons. The van der Waals surface area contributed by atoms with Gasteiger partial charge in [0.2, 0.25) is 0 Å². The molecular weight excluding hydrogens is 188 g/mol. The Balaban J connectivity index is 2.38. The van der Waals surface area contributed by atoms with Crippen molar-refractivity contribution in [3.63, 3.8) is 0 Å². The summed E-state index contributed by atoms with van der Waals surface area (Å²) in [4.78, 5) is 10.7. The Bertz CT molecular complexity index is 379. The largest absolute Gasteiger partial charge is 0.385 e. The smallest absolute Gasteiger partial charge is 0.129 e. The van der Waals surface area contributed by atoms with Crippen LogP contribution in [0.4, 0.5) is 5.69 Å². The van der Waals surface area contributed by atoms with Crippen LogP contribution in [0.2, 0.25) is 0 Å². The molecule has 0 heterocycles. The predicted octanol–water partition coefficient (Wildman–Crippen LogP) is 2.34. The number of rotatable bonds is 5. The summed E-state index contributed by atoms with van der Waals surface area (Å²) in [7, 11) is 0. The minimum atomic E-state index is 0.211. The second-order valence-electron chi connectivity index (χ2n) is 3.42. The van der Waals surface area contributed by atoms with Crippen LogP contribution < -0.4 is 5.32 Å². The lowest BCUT2D eigenvalue weighted by Crippen LogP contribution is -2.03. The second kappa shape index (κ2) is 5.82. The van der Waals surface area contributed by atoms with E-state index >= 15 is 0 Å². The molecule has 0 aliphatic rings. The van der Waals surface area contributed by atoms with Crippen molar-refractivity contribution in [2.75, 3.05) is 11.9 Å². The summed E-state index contributed by atoms with van der Waals surface area (Å²) in [6.45, 7) is 2.35. The van der Waals surface area contributed by atoms with E-state index in [1.807, 2.05) is 12.1 Å². The van der Waals surface area contributed by atoms with E-state index in [0.29, 0.717) is 12.0 Å². The molecule has 0 aliphatic carbocycles. The number of hydrogen-bond acceptors (Lipinski definition) is 3. The first-order chi connectivity index (χ1) is 7.22. The highest BCUT2D eigenvalue weighted by Crippen LogP contribution is 2.09. The molecule has 0 fully saturated rings. The van der Waals surface area contributed by atoms with Crippen LogP contribution in [0.15, 0.2) is 24.3 Å². The maximum absolute atomic E-state index is 10.7. The Hall–Kier alpha value is -1.82. The van der Waals surface area contributed by atoms with Crippen LogP contribution in [-0.2, 0) is 4.79 Å². The van der Waals surface area contributed by atoms with Crippen LogP contribution in [0.25, 0.3) is 0 Å². The highest BCUT2D eigenvalue weighted by atomic mass is 16.1. The first kappa shape index (κ1) is 11.3. The number of Topliss-reactive ketones (excluding diaryl/α,β-unsaturated/α-hetero) is 1. The highest BCUT2D eigenvalue weighted by molar-refractivity contribution is 5.75. The van der Waals surface area contributed by atoms with E-state index in [1.165, 1.54) is 0 Å². The van der Waals surface area contributed by atoms with Gasteiger partial charge in [-0.2, -0.15) is 5.26 Å². The van der Waals surface area contributed by atoms with Crippen molar-refractivity contribution in [2.24, 2.45) is 0 Å². The van der Waals surface area contributed by atoms with Gasteiger partial charge in [0.1, 0.15) is 5.78 Å². The van der Waals surface area contributed by atoms with Gasteiger partial charge in [-0.1, -0.05) is 6.07 Å². The van der Waals surface area contributed by atoms with Gasteiger partial charge < -0.3 is 10.1 Å². The van der Waals surface area contributed by atoms with Gasteiger partial charge in [0, 0.05) is 18.7 Å². The van der Waals surface area contributed by atoms with E-state index in [2.05, 4.69) is 11.4 Å². The summed E-state index contributed by atoms with van der Waals surface area (Å²) < 4.78 is 0. The third kappa shape index (κ3) is 4.28. The Labute approximate surface area is 89.7 Å². The van der Waals surface area contributed by atoms with Crippen molar-refractivity contribution in [1.29, 1.82) is 5.26 Å². The predicted molar refractivity (Wildman–Crippen MR) is 59.6 cm³/mol. The lowest BCUT2D eigenvalue weighted by Gasteiger charge is -2.05. The summed E-state index contributed by atoms with van der Waals surface area (Å²) in [6.07, 6.45) is 1.43. The number of benzene rings is 1. The standard InChI is InChI=1S/C12H14N2O/c1-10(15)4-3-7-14-12-6-2-5-11(8-12)9-13/h2,5-6,8,14H,3-4,7H2,1H3. The highest BCUT2D eigenvalue weighted by Gasteiger charge is 1.95. The van der Waals surface area contributed by atoms with Crippen molar-refractivity contribution in [2.45, 2.75) is 19.8 Å². The van der Waals surface area contributed by atoms with Crippen molar-refractivity contribution >= 4 is 11.5 Å². The average Bonchev–Trinajstić information content (AvgIpc) is 2.24. The SMILES string of the molecule is CC(=O)CCCNc1cccc(C#N)c1. The van der Waals surface area contributed by atoms with Gasteiger partial charge in [-0.05, 0) is 31.5 Å². The zero-order valence-electron chi connectivity index (χ0n) is 8.79. The zero-order valence-corrected chi connectivity index (χ0v) is 8.79. The normalized spacial score (nSPS) is 9.33. The summed E-state index contributed by atoms with van der Waals surface area (Å²) in [5.41, 5.74) is 1.57. The van der Waals surface area contributed by atoms with Crippen LogP contribution in [0.3, 0.4) is 0 Å². The van der Waals surface area contributed by atoms with Crippen molar-refractivity contribution in [1.82, 2.24) is 0 Å². The molecule has 1 N–H and O–H groups in total. The van der Waals surface area contributed by atoms with Gasteiger partial charge in [-0.25, -0.2) is 0 Å². The Morgan fingerprint density at radius 2 is 2.33 bits per heavy atom. The fraction of sp³-hybridized carbons (Fsp3) is 0.333. The summed E-state index contributed by atoms with van der Waals surface area (Å²) >= 11 is 0. The number of carbonyl (C=O) groups excluding carboxylic acids is 1. The van der Waals surface area contributed by atoms with E-state index in [9.17, 15) is 4.79 Å². The van der Waals surface area contributed by atoms with Crippen LogP contribution in [0.1, 0.15) is 25.3 Å². The minimum absolute atomic E-state index is 0.211. The minimum Gasteiger partial charge on any atom is -0.385 e. The summed E-state index contributed by atoms with van der Waals surface area (Å²) in [6, 6.07) is 9.40. The van der Waals surface area contributed by atoms with Crippen molar-refractivity contribution < 1.29 is 4.79 Å². The lowest BCUT2D eigenvalue weighted by molar-refractivity contribution is -0.117. The van der Waals surface area contributed by atoms with Crippen LogP contribution in [-0.4, -0.2) is 12.3 Å². The molecule has 0 saturated heterocycles. The molecule has 0 atom stereocenters. The fourth-order valence-electron chi connectivity index (χ4n) is 1.27. The molecule has 0 amide bonds. The first-order valence-electron chi connectivity index (χ1n) is 4.96. The molecular formula is C12H14N2O. The molecule has 1 aromatic carbocycles. The average molecular weight is 202 g/mol. The molecule has 1 aromatic rings. The van der Waals surface area contributed by atoms with Gasteiger partial charge in [0.25, 0.3) is 0 Å². The maximum atomic E-state index is 10.7. The number of anilines is 1. The molecule has 0 spiro atoms. The molecule has 15 heavy (non-hydrogen) atoms. The molecule has 1 rings (SSSR count). The number of hydrogen-bond donors (Lipinski definition) is 1. The third-order valence-corrected chi connectivity index (χ3v) is 2.03. The number of ketones is 1. The molecule has 78 valence electrons. The Morgan fingerprint density at radius 1 is 1.53 bits per heavy atom. The molecule has 0 saturated carbocycles. The van der Waals surface area contributed by atoms with Crippen molar-refractivity contribution in [3.05, 3.63) is 29.8 Å². The number of nitrogens with one attached hydrogen (secondary N) is 1. The summed E-state index contributed by atoms with van der Waals surface area (Å²) in [5.74, 6) is 0.211. The molecule has 3 heteroatoms. The Kier molecular flexibility index (Phi) is 4.36. The number of nitrogens with zero attached hydrogens (tertiary/aromatic N) is 1. The van der Waals surface area contributed by atoms with E-state index in [4.69, 9.17) is 5.26 Å². The molecule has 0 bridgehead atoms. The maximum Gasteiger partial charge on any atom is 0.129 e. The second-order valence-corrected chi connectivity index (χ2v) is 3.42. The van der Waals surface area contributed by atoms with Gasteiger partial charge in [0.15, 0.2) is 0 Å². The van der Waals surface area contributed by atoms with E-state index < -0.39 is 0 Å². The van der Waals surface area contributed by atoms with E-state index in [0.717, 1.165) is 18.7 Å². The molecule has 3 nitrogen and oxygen atoms in total. The van der Waals surface area contributed by atoms with Gasteiger partial charge in [-0.3, -0.25) is 0 Å². The molecule has 0 aromatic heterocycles. The molecule has 0 aliphatic heterocycles. The van der Waals surface area contributed by atoms with Crippen LogP contribution in [0, 0.1) is 11.3 Å². The number of carbonyl (C=O) groups is 1. The van der Waals surface area contributed by atoms with E-state index in [-0.39, 0.29) is 5.78 Å². The fourth-order valence-corrected chi connectivity index (χ4v) is 1.27. The summed E-state index contributed by atoms with van der Waals surface area (Å²) in [5, 5.41) is 11.9. The first-order valence-corrected chi connectivity index (χ1v) is 4.96.